The van der Waals surface area contributed by atoms with Gasteiger partial charge >= 0.3 is 0 Å². The molecule has 0 aliphatic carbocycles. The number of hydrogen-bond acceptors (Lipinski definition) is 3. The summed E-state index contributed by atoms with van der Waals surface area (Å²) in [6, 6.07) is 11.7. The van der Waals surface area contributed by atoms with Crippen LogP contribution in [0.2, 0.25) is 0 Å². The average molecular weight is 308 g/mol. The summed E-state index contributed by atoms with van der Waals surface area (Å²) in [5.74, 6) is -1.57. The lowest BCUT2D eigenvalue weighted by molar-refractivity contribution is 0.0940. The molecule has 2 N–H and O–H groups in total. The van der Waals surface area contributed by atoms with Crippen molar-refractivity contribution in [3.8, 4) is 0 Å². The number of benzene rings is 2. The summed E-state index contributed by atoms with van der Waals surface area (Å²) in [6.45, 7) is 1.56. The van der Waals surface area contributed by atoms with Gasteiger partial charge < -0.3 is 0 Å². The van der Waals surface area contributed by atoms with Crippen molar-refractivity contribution in [1.29, 1.82) is 0 Å². The van der Waals surface area contributed by atoms with Gasteiger partial charge in [-0.05, 0) is 30.7 Å². The van der Waals surface area contributed by atoms with Crippen molar-refractivity contribution in [3.63, 3.8) is 0 Å². The molecule has 0 radical (unpaired) electrons. The Kier molecular flexibility index (Phi) is 4.35. The van der Waals surface area contributed by atoms with Crippen LogP contribution in [0.4, 0.5) is 4.39 Å². The number of carbonyl (C=O) groups is 1. The van der Waals surface area contributed by atoms with Gasteiger partial charge in [-0.15, -0.1) is 4.83 Å². The molecule has 0 fully saturated rings. The summed E-state index contributed by atoms with van der Waals surface area (Å²) < 4.78 is 37.4. The maximum Gasteiger partial charge on any atom is 0.269 e. The van der Waals surface area contributed by atoms with Gasteiger partial charge in [-0.1, -0.05) is 30.3 Å². The number of aryl methyl sites for hydroxylation is 1. The Morgan fingerprint density at radius 3 is 2.33 bits per heavy atom. The summed E-state index contributed by atoms with van der Waals surface area (Å²) in [4.78, 5) is 13.8. The zero-order valence-corrected chi connectivity index (χ0v) is 11.9. The van der Waals surface area contributed by atoms with Gasteiger partial charge in [0.2, 0.25) is 0 Å². The minimum absolute atomic E-state index is 0.00412. The van der Waals surface area contributed by atoms with E-state index >= 15 is 0 Å². The van der Waals surface area contributed by atoms with E-state index in [0.29, 0.717) is 5.56 Å². The van der Waals surface area contributed by atoms with Gasteiger partial charge in [-0.3, -0.25) is 10.2 Å². The molecule has 2 aromatic carbocycles. The van der Waals surface area contributed by atoms with Crippen LogP contribution in [-0.4, -0.2) is 14.3 Å². The molecule has 7 heteroatoms. The number of halogens is 1. The number of nitrogens with one attached hydrogen (secondary N) is 2. The van der Waals surface area contributed by atoms with Gasteiger partial charge in [0.1, 0.15) is 5.82 Å². The number of amides is 1. The van der Waals surface area contributed by atoms with E-state index in [1.165, 1.54) is 18.2 Å². The Morgan fingerprint density at radius 2 is 1.71 bits per heavy atom. The highest BCUT2D eigenvalue weighted by Crippen LogP contribution is 2.12. The Labute approximate surface area is 121 Å². The molecule has 0 heterocycles. The maximum atomic E-state index is 13.6. The SMILES string of the molecule is Cc1cccc(F)c1C(=O)NNS(=O)(=O)c1ccccc1. The predicted molar refractivity (Wildman–Crippen MR) is 75.4 cm³/mol. The maximum absolute atomic E-state index is 13.6. The molecule has 0 saturated heterocycles. The fourth-order valence-corrected chi connectivity index (χ4v) is 2.61. The standard InChI is InChI=1S/C14H13FN2O3S/c1-10-6-5-9-12(15)13(10)14(18)16-17-21(19,20)11-7-3-2-4-8-11/h2-9,17H,1H3,(H,16,18). The summed E-state index contributed by atoms with van der Waals surface area (Å²) in [5.41, 5.74) is 2.21. The van der Waals surface area contributed by atoms with E-state index in [2.05, 4.69) is 0 Å². The molecule has 21 heavy (non-hydrogen) atoms. The number of hydrogen-bond donors (Lipinski definition) is 2. The zero-order valence-electron chi connectivity index (χ0n) is 11.1. The van der Waals surface area contributed by atoms with Gasteiger partial charge in [0.05, 0.1) is 10.5 Å². The topological polar surface area (TPSA) is 75.3 Å². The molecule has 5 nitrogen and oxygen atoms in total. The van der Waals surface area contributed by atoms with Gasteiger partial charge in [0.15, 0.2) is 0 Å². The van der Waals surface area contributed by atoms with Crippen LogP contribution in [0.25, 0.3) is 0 Å². The first-order valence-corrected chi connectivity index (χ1v) is 7.52. The molecule has 2 rings (SSSR count). The highest BCUT2D eigenvalue weighted by Gasteiger charge is 2.18. The van der Waals surface area contributed by atoms with E-state index in [-0.39, 0.29) is 10.5 Å². The molecular formula is C14H13FN2O3S. The van der Waals surface area contributed by atoms with Crippen molar-refractivity contribution in [2.45, 2.75) is 11.8 Å². The molecule has 0 unspecified atom stereocenters. The Balaban J connectivity index is 2.15. The van der Waals surface area contributed by atoms with E-state index in [9.17, 15) is 17.6 Å². The largest absolute Gasteiger partial charge is 0.273 e. The van der Waals surface area contributed by atoms with Crippen LogP contribution in [0, 0.1) is 12.7 Å². The highest BCUT2D eigenvalue weighted by atomic mass is 32.2. The lowest BCUT2D eigenvalue weighted by atomic mass is 10.1. The summed E-state index contributed by atoms with van der Waals surface area (Å²) in [5, 5.41) is 0. The quantitative estimate of drug-likeness (QED) is 0.845. The summed E-state index contributed by atoms with van der Waals surface area (Å²) in [7, 11) is -3.89. The van der Waals surface area contributed by atoms with Crippen molar-refractivity contribution in [3.05, 3.63) is 65.5 Å². The lowest BCUT2D eigenvalue weighted by Crippen LogP contribution is -2.42. The molecule has 0 spiro atoms. The van der Waals surface area contributed by atoms with E-state index in [4.69, 9.17) is 0 Å². The minimum Gasteiger partial charge on any atom is -0.273 e. The predicted octanol–water partition coefficient (Wildman–Crippen LogP) is 1.76. The van der Waals surface area contributed by atoms with Crippen LogP contribution >= 0.6 is 0 Å². The smallest absolute Gasteiger partial charge is 0.269 e. The normalized spacial score (nSPS) is 11.1. The number of carbonyl (C=O) groups excluding carboxylic acids is 1. The zero-order chi connectivity index (χ0) is 15.5. The van der Waals surface area contributed by atoms with E-state index in [1.807, 2.05) is 10.3 Å². The second kappa shape index (κ2) is 6.02. The number of sulfonamides is 1. The van der Waals surface area contributed by atoms with Crippen LogP contribution < -0.4 is 10.3 Å². The third kappa shape index (κ3) is 3.45. The monoisotopic (exact) mass is 308 g/mol. The van der Waals surface area contributed by atoms with Gasteiger partial charge in [0, 0.05) is 0 Å². The van der Waals surface area contributed by atoms with Crippen LogP contribution in [0.5, 0.6) is 0 Å². The molecular weight excluding hydrogens is 295 g/mol. The van der Waals surface area contributed by atoms with E-state index in [0.717, 1.165) is 6.07 Å². The molecule has 0 aliphatic rings. The molecule has 1 amide bonds. The van der Waals surface area contributed by atoms with Gasteiger partial charge in [-0.25, -0.2) is 12.8 Å². The van der Waals surface area contributed by atoms with Crippen LogP contribution in [0.15, 0.2) is 53.4 Å². The van der Waals surface area contributed by atoms with E-state index < -0.39 is 21.7 Å². The first-order valence-electron chi connectivity index (χ1n) is 6.04. The van der Waals surface area contributed by atoms with Crippen molar-refractivity contribution in [1.82, 2.24) is 10.3 Å². The Morgan fingerprint density at radius 1 is 1.05 bits per heavy atom. The van der Waals surface area contributed by atoms with E-state index in [1.54, 1.807) is 31.2 Å². The second-order valence-corrected chi connectivity index (χ2v) is 5.99. The van der Waals surface area contributed by atoms with Crippen LogP contribution in [-0.2, 0) is 10.0 Å². The molecule has 2 aromatic rings. The third-order valence-electron chi connectivity index (χ3n) is 2.80. The number of hydrazine groups is 1. The molecule has 0 bridgehead atoms. The molecule has 110 valence electrons. The van der Waals surface area contributed by atoms with Crippen molar-refractivity contribution in [2.24, 2.45) is 0 Å². The van der Waals surface area contributed by atoms with Crippen molar-refractivity contribution < 1.29 is 17.6 Å². The Hall–Kier alpha value is -2.25. The first-order chi connectivity index (χ1) is 9.92. The van der Waals surface area contributed by atoms with Crippen LogP contribution in [0.1, 0.15) is 15.9 Å². The average Bonchev–Trinajstić information content (AvgIpc) is 2.46. The molecule has 0 aliphatic heterocycles. The molecule has 0 atom stereocenters. The third-order valence-corrected chi connectivity index (χ3v) is 4.06. The van der Waals surface area contributed by atoms with Gasteiger partial charge in [-0.2, -0.15) is 0 Å². The molecule has 0 saturated carbocycles. The molecule has 0 aromatic heterocycles. The fraction of sp³-hybridized carbons (Fsp3) is 0.0714. The second-order valence-electron chi connectivity index (χ2n) is 4.30. The fourth-order valence-electron chi connectivity index (χ4n) is 1.75. The van der Waals surface area contributed by atoms with Crippen molar-refractivity contribution >= 4 is 15.9 Å². The lowest BCUT2D eigenvalue weighted by Gasteiger charge is -2.10. The summed E-state index contributed by atoms with van der Waals surface area (Å²) in [6.07, 6.45) is 0. The first kappa shape index (κ1) is 15.1. The summed E-state index contributed by atoms with van der Waals surface area (Å²) >= 11 is 0. The highest BCUT2D eigenvalue weighted by molar-refractivity contribution is 7.89. The van der Waals surface area contributed by atoms with Crippen LogP contribution in [0.3, 0.4) is 0 Å². The van der Waals surface area contributed by atoms with Crippen molar-refractivity contribution in [2.75, 3.05) is 0 Å². The van der Waals surface area contributed by atoms with Gasteiger partial charge in [0.25, 0.3) is 15.9 Å². The Bertz CT molecular complexity index is 741. The number of rotatable bonds is 4. The minimum atomic E-state index is -3.89.